The predicted octanol–water partition coefficient (Wildman–Crippen LogP) is 3.22. The first-order chi connectivity index (χ1) is 14.2. The van der Waals surface area contributed by atoms with Crippen molar-refractivity contribution in [3.63, 3.8) is 0 Å². The van der Waals surface area contributed by atoms with Crippen LogP contribution < -0.4 is 11.2 Å². The Kier molecular flexibility index (Phi) is 3.82. The van der Waals surface area contributed by atoms with Gasteiger partial charge in [0.15, 0.2) is 5.65 Å². The summed E-state index contributed by atoms with van der Waals surface area (Å²) < 4.78 is 1.39. The molecule has 0 bridgehead atoms. The molecule has 8 heteroatoms. The molecule has 0 amide bonds. The minimum absolute atomic E-state index is 0.206. The Balaban J connectivity index is 1.81. The standard InChI is InChI=1S/C21H11N5O2S/c22-9-12-5-1-4-8-15(12)19-24-18-17(29-19)20(27)26(21(28)25-18)16-11-23-10-13-6-2-3-7-14(13)16/h1-8,10-11H,(H,25,28). The Hall–Kier alpha value is -4.09. The van der Waals surface area contributed by atoms with E-state index in [0.717, 1.165) is 26.7 Å². The van der Waals surface area contributed by atoms with Crippen LogP contribution in [-0.2, 0) is 0 Å². The van der Waals surface area contributed by atoms with Crippen LogP contribution in [0.3, 0.4) is 0 Å². The summed E-state index contributed by atoms with van der Waals surface area (Å²) in [5, 5.41) is 11.4. The van der Waals surface area contributed by atoms with Crippen molar-refractivity contribution in [2.24, 2.45) is 0 Å². The fourth-order valence-corrected chi connectivity index (χ4v) is 4.27. The topological polar surface area (TPSA) is 104 Å². The number of benzene rings is 2. The fourth-order valence-electron chi connectivity index (χ4n) is 3.28. The van der Waals surface area contributed by atoms with E-state index in [0.29, 0.717) is 26.5 Å². The number of nitrogens with zero attached hydrogens (tertiary/aromatic N) is 4. The van der Waals surface area contributed by atoms with E-state index in [2.05, 4.69) is 21.0 Å². The molecule has 0 atom stereocenters. The molecule has 138 valence electrons. The van der Waals surface area contributed by atoms with E-state index in [1.54, 1.807) is 30.5 Å². The lowest BCUT2D eigenvalue weighted by molar-refractivity contribution is 0.901. The fraction of sp³-hybridized carbons (Fsp3) is 0. The number of rotatable bonds is 2. The van der Waals surface area contributed by atoms with Crippen molar-refractivity contribution in [3.8, 4) is 22.3 Å². The van der Waals surface area contributed by atoms with Crippen molar-refractivity contribution in [3.05, 3.63) is 87.3 Å². The summed E-state index contributed by atoms with van der Waals surface area (Å²) >= 11 is 1.14. The largest absolute Gasteiger partial charge is 0.334 e. The molecule has 0 aliphatic heterocycles. The molecule has 3 aromatic heterocycles. The van der Waals surface area contributed by atoms with Crippen molar-refractivity contribution in [2.75, 3.05) is 0 Å². The van der Waals surface area contributed by atoms with Crippen LogP contribution in [-0.4, -0.2) is 19.5 Å². The normalized spacial score (nSPS) is 11.0. The van der Waals surface area contributed by atoms with Crippen molar-refractivity contribution in [2.45, 2.75) is 0 Å². The summed E-state index contributed by atoms with van der Waals surface area (Å²) in [6.07, 6.45) is 3.18. The summed E-state index contributed by atoms with van der Waals surface area (Å²) in [6, 6.07) is 16.5. The third-order valence-corrected chi connectivity index (χ3v) is 5.70. The maximum absolute atomic E-state index is 13.2. The van der Waals surface area contributed by atoms with Crippen LogP contribution in [0, 0.1) is 11.3 Å². The first-order valence-corrected chi connectivity index (χ1v) is 9.47. The van der Waals surface area contributed by atoms with E-state index in [9.17, 15) is 14.9 Å². The van der Waals surface area contributed by atoms with Gasteiger partial charge in [-0.2, -0.15) is 5.26 Å². The highest BCUT2D eigenvalue weighted by atomic mass is 32.1. The summed E-state index contributed by atoms with van der Waals surface area (Å²) in [7, 11) is 0. The predicted molar refractivity (Wildman–Crippen MR) is 111 cm³/mol. The van der Waals surface area contributed by atoms with Crippen LogP contribution in [0.1, 0.15) is 5.56 Å². The van der Waals surface area contributed by atoms with Gasteiger partial charge in [0.2, 0.25) is 0 Å². The van der Waals surface area contributed by atoms with Gasteiger partial charge in [-0.1, -0.05) is 42.5 Å². The highest BCUT2D eigenvalue weighted by Crippen LogP contribution is 2.29. The van der Waals surface area contributed by atoms with Gasteiger partial charge in [0.1, 0.15) is 9.71 Å². The van der Waals surface area contributed by atoms with E-state index in [4.69, 9.17) is 0 Å². The van der Waals surface area contributed by atoms with E-state index in [1.165, 1.54) is 6.20 Å². The molecule has 5 rings (SSSR count). The molecule has 29 heavy (non-hydrogen) atoms. The molecule has 0 fully saturated rings. The molecule has 7 nitrogen and oxygen atoms in total. The first-order valence-electron chi connectivity index (χ1n) is 8.66. The number of aromatic nitrogens is 4. The van der Waals surface area contributed by atoms with Crippen molar-refractivity contribution >= 4 is 32.5 Å². The van der Waals surface area contributed by atoms with Crippen LogP contribution in [0.2, 0.25) is 0 Å². The number of hydrogen-bond acceptors (Lipinski definition) is 6. The monoisotopic (exact) mass is 397 g/mol. The number of nitrogens with one attached hydrogen (secondary N) is 1. The molecule has 2 aromatic carbocycles. The molecule has 0 aliphatic rings. The van der Waals surface area contributed by atoms with E-state index in [-0.39, 0.29) is 5.65 Å². The number of H-pyrrole nitrogens is 1. The lowest BCUT2D eigenvalue weighted by Crippen LogP contribution is -2.33. The molecule has 5 aromatic rings. The maximum Gasteiger partial charge on any atom is 0.334 e. The highest BCUT2D eigenvalue weighted by Gasteiger charge is 2.17. The summed E-state index contributed by atoms with van der Waals surface area (Å²) in [4.78, 5) is 37.2. The molecule has 0 aliphatic carbocycles. The second-order valence-corrected chi connectivity index (χ2v) is 7.30. The van der Waals surface area contributed by atoms with Gasteiger partial charge in [-0.15, -0.1) is 11.3 Å². The lowest BCUT2D eigenvalue weighted by Gasteiger charge is -2.07. The van der Waals surface area contributed by atoms with Crippen LogP contribution >= 0.6 is 11.3 Å². The zero-order valence-electron chi connectivity index (χ0n) is 14.8. The van der Waals surface area contributed by atoms with Gasteiger partial charge in [0, 0.05) is 22.5 Å². The second-order valence-electron chi connectivity index (χ2n) is 6.30. The van der Waals surface area contributed by atoms with Crippen LogP contribution in [0.15, 0.2) is 70.5 Å². The van der Waals surface area contributed by atoms with Crippen LogP contribution in [0.5, 0.6) is 0 Å². The smallest absolute Gasteiger partial charge is 0.290 e. The van der Waals surface area contributed by atoms with Gasteiger partial charge in [0.25, 0.3) is 5.56 Å². The number of pyridine rings is 1. The van der Waals surface area contributed by atoms with Crippen molar-refractivity contribution in [1.29, 1.82) is 5.26 Å². The van der Waals surface area contributed by atoms with Gasteiger partial charge < -0.3 is 0 Å². The van der Waals surface area contributed by atoms with E-state index < -0.39 is 11.2 Å². The minimum atomic E-state index is -0.592. The number of fused-ring (bicyclic) bond motifs is 2. The Bertz CT molecular complexity index is 1570. The Morgan fingerprint density at radius 2 is 1.83 bits per heavy atom. The Morgan fingerprint density at radius 1 is 1.03 bits per heavy atom. The quantitative estimate of drug-likeness (QED) is 0.492. The van der Waals surface area contributed by atoms with Gasteiger partial charge >= 0.3 is 5.69 Å². The molecule has 0 saturated carbocycles. The summed E-state index contributed by atoms with van der Waals surface area (Å²) in [5.41, 5.74) is 0.620. The second kappa shape index (κ2) is 6.51. The molecule has 0 saturated heterocycles. The summed E-state index contributed by atoms with van der Waals surface area (Å²) in [6.45, 7) is 0. The average molecular weight is 397 g/mol. The molecule has 0 unspecified atom stereocenters. The molecule has 1 N–H and O–H groups in total. The summed E-state index contributed by atoms with van der Waals surface area (Å²) in [5.74, 6) is 0. The van der Waals surface area contributed by atoms with Crippen molar-refractivity contribution in [1.82, 2.24) is 19.5 Å². The first kappa shape index (κ1) is 17.0. The van der Waals surface area contributed by atoms with Crippen LogP contribution in [0.25, 0.3) is 37.4 Å². The van der Waals surface area contributed by atoms with Crippen LogP contribution in [0.4, 0.5) is 0 Å². The van der Waals surface area contributed by atoms with Crippen molar-refractivity contribution < 1.29 is 0 Å². The number of aromatic amines is 1. The Labute approximate surface area is 167 Å². The maximum atomic E-state index is 13.2. The minimum Gasteiger partial charge on any atom is -0.290 e. The molecule has 0 spiro atoms. The van der Waals surface area contributed by atoms with E-state index in [1.807, 2.05) is 24.3 Å². The van der Waals surface area contributed by atoms with Gasteiger partial charge in [-0.05, 0) is 6.07 Å². The molecule has 3 heterocycles. The molecular weight excluding hydrogens is 386 g/mol. The average Bonchev–Trinajstić information content (AvgIpc) is 3.18. The SMILES string of the molecule is N#Cc1ccccc1-c1nc2[nH]c(=O)n(-c3cncc4ccccc34)c(=O)c2s1. The number of hydrogen-bond donors (Lipinski definition) is 1. The zero-order chi connectivity index (χ0) is 20.0. The third kappa shape index (κ3) is 2.64. The zero-order valence-corrected chi connectivity index (χ0v) is 15.6. The highest BCUT2D eigenvalue weighted by molar-refractivity contribution is 7.21. The molecular formula is C21H11N5O2S. The Morgan fingerprint density at radius 3 is 2.69 bits per heavy atom. The van der Waals surface area contributed by atoms with Gasteiger partial charge in [-0.25, -0.2) is 14.3 Å². The van der Waals surface area contributed by atoms with Gasteiger partial charge in [-0.3, -0.25) is 14.8 Å². The van der Waals surface area contributed by atoms with Gasteiger partial charge in [0.05, 0.1) is 23.5 Å². The third-order valence-electron chi connectivity index (χ3n) is 4.62. The van der Waals surface area contributed by atoms with E-state index >= 15 is 0 Å². The lowest BCUT2D eigenvalue weighted by atomic mass is 10.1. The number of nitriles is 1. The number of thiazole rings is 1. The molecule has 0 radical (unpaired) electrons.